The molecule has 0 radical (unpaired) electrons. The average Bonchev–Trinajstić information content (AvgIpc) is 1.81. The molecule has 64 valence electrons. The summed E-state index contributed by atoms with van der Waals surface area (Å²) in [5.41, 5.74) is 2.09. The van der Waals surface area contributed by atoms with E-state index in [0.717, 1.165) is 11.1 Å². The van der Waals surface area contributed by atoms with Crippen molar-refractivity contribution in [2.75, 3.05) is 0 Å². The van der Waals surface area contributed by atoms with Gasteiger partial charge in [0.1, 0.15) is 5.78 Å². The molecule has 1 aromatic rings. The van der Waals surface area contributed by atoms with Crippen LogP contribution in [0.1, 0.15) is 18.1 Å². The van der Waals surface area contributed by atoms with Gasteiger partial charge < -0.3 is 0 Å². The standard InChI is InChI=1S/C10H11ClO/c1-7-3-9(5-8(2)12)6-10(11)4-7/h3-4,6H,5H2,1-2H3. The lowest BCUT2D eigenvalue weighted by Crippen LogP contribution is -1.96. The number of carbonyl (C=O) groups is 1. The van der Waals surface area contributed by atoms with Gasteiger partial charge in [0.05, 0.1) is 0 Å². The molecule has 1 nitrogen and oxygen atoms in total. The Hall–Kier alpha value is -0.820. The van der Waals surface area contributed by atoms with Gasteiger partial charge in [0, 0.05) is 11.4 Å². The van der Waals surface area contributed by atoms with Crippen LogP contribution in [0, 0.1) is 6.92 Å². The molecule has 1 rings (SSSR count). The third-order valence-corrected chi connectivity index (χ3v) is 1.77. The van der Waals surface area contributed by atoms with Gasteiger partial charge in [-0.05, 0) is 37.1 Å². The molecule has 0 spiro atoms. The highest BCUT2D eigenvalue weighted by Gasteiger charge is 1.99. The Morgan fingerprint density at radius 3 is 2.58 bits per heavy atom. The molecule has 0 saturated heterocycles. The van der Waals surface area contributed by atoms with Crippen molar-refractivity contribution < 1.29 is 4.79 Å². The highest BCUT2D eigenvalue weighted by Crippen LogP contribution is 2.14. The number of ketones is 1. The Kier molecular flexibility index (Phi) is 2.88. The third kappa shape index (κ3) is 2.67. The maximum Gasteiger partial charge on any atom is 0.134 e. The van der Waals surface area contributed by atoms with Crippen LogP contribution in [0.5, 0.6) is 0 Å². The number of halogens is 1. The Balaban J connectivity index is 2.93. The minimum Gasteiger partial charge on any atom is -0.300 e. The topological polar surface area (TPSA) is 17.1 Å². The largest absolute Gasteiger partial charge is 0.300 e. The molecule has 0 heterocycles. The fraction of sp³-hybridized carbons (Fsp3) is 0.300. The number of carbonyl (C=O) groups excluding carboxylic acids is 1. The quantitative estimate of drug-likeness (QED) is 0.688. The van der Waals surface area contributed by atoms with Gasteiger partial charge in [0.25, 0.3) is 0 Å². The number of hydrogen-bond donors (Lipinski definition) is 0. The first-order valence-corrected chi connectivity index (χ1v) is 4.21. The van der Waals surface area contributed by atoms with Crippen molar-refractivity contribution in [2.45, 2.75) is 20.3 Å². The molecule has 1 aromatic carbocycles. The fourth-order valence-corrected chi connectivity index (χ4v) is 1.51. The Morgan fingerprint density at radius 1 is 1.42 bits per heavy atom. The molecule has 12 heavy (non-hydrogen) atoms. The normalized spacial score (nSPS) is 9.92. The fourth-order valence-electron chi connectivity index (χ4n) is 1.20. The summed E-state index contributed by atoms with van der Waals surface area (Å²) in [6.07, 6.45) is 0.474. The van der Waals surface area contributed by atoms with Gasteiger partial charge >= 0.3 is 0 Å². The lowest BCUT2D eigenvalue weighted by molar-refractivity contribution is -0.116. The molecule has 0 aliphatic carbocycles. The second-order valence-corrected chi connectivity index (χ2v) is 3.45. The van der Waals surface area contributed by atoms with Crippen molar-refractivity contribution in [3.05, 3.63) is 34.3 Å². The third-order valence-electron chi connectivity index (χ3n) is 1.55. The molecule has 0 aromatic heterocycles. The predicted octanol–water partition coefficient (Wildman–Crippen LogP) is 2.78. The van der Waals surface area contributed by atoms with E-state index in [-0.39, 0.29) is 5.78 Å². The molecule has 0 amide bonds. The maximum absolute atomic E-state index is 10.8. The van der Waals surface area contributed by atoms with E-state index in [4.69, 9.17) is 11.6 Å². The molecule has 0 aliphatic rings. The highest BCUT2D eigenvalue weighted by molar-refractivity contribution is 6.30. The molecule has 0 aliphatic heterocycles. The Morgan fingerprint density at radius 2 is 2.08 bits per heavy atom. The van der Waals surface area contributed by atoms with Crippen LogP contribution in [-0.4, -0.2) is 5.78 Å². The van der Waals surface area contributed by atoms with Gasteiger partial charge in [-0.2, -0.15) is 0 Å². The number of Topliss-reactive ketones (excluding diaryl/α,β-unsaturated/α-hetero) is 1. The van der Waals surface area contributed by atoms with E-state index in [1.165, 1.54) is 0 Å². The summed E-state index contributed by atoms with van der Waals surface area (Å²) in [5, 5.41) is 0.700. The summed E-state index contributed by atoms with van der Waals surface area (Å²) >= 11 is 5.82. The van der Waals surface area contributed by atoms with Crippen LogP contribution in [0.2, 0.25) is 5.02 Å². The van der Waals surface area contributed by atoms with Crippen LogP contribution >= 0.6 is 11.6 Å². The SMILES string of the molecule is CC(=O)Cc1cc(C)cc(Cl)c1. The first-order chi connectivity index (χ1) is 5.58. The molecule has 0 unspecified atom stereocenters. The molecule has 0 fully saturated rings. The highest BCUT2D eigenvalue weighted by atomic mass is 35.5. The zero-order valence-corrected chi connectivity index (χ0v) is 7.98. The Bertz CT molecular complexity index is 284. The minimum atomic E-state index is 0.164. The first kappa shape index (κ1) is 9.27. The van der Waals surface area contributed by atoms with Gasteiger partial charge in [0.2, 0.25) is 0 Å². The van der Waals surface area contributed by atoms with E-state index in [1.54, 1.807) is 6.92 Å². The molecular formula is C10H11ClO. The van der Waals surface area contributed by atoms with Crippen LogP contribution < -0.4 is 0 Å². The molecular weight excluding hydrogens is 172 g/mol. The summed E-state index contributed by atoms with van der Waals surface area (Å²) in [4.78, 5) is 10.8. The van der Waals surface area contributed by atoms with Crippen molar-refractivity contribution in [1.29, 1.82) is 0 Å². The number of aryl methyl sites for hydroxylation is 1. The van der Waals surface area contributed by atoms with Crippen LogP contribution in [-0.2, 0) is 11.2 Å². The van der Waals surface area contributed by atoms with Gasteiger partial charge in [-0.25, -0.2) is 0 Å². The molecule has 0 bridgehead atoms. The van der Waals surface area contributed by atoms with Crippen molar-refractivity contribution in [3.8, 4) is 0 Å². The van der Waals surface area contributed by atoms with Crippen LogP contribution in [0.15, 0.2) is 18.2 Å². The van der Waals surface area contributed by atoms with Crippen molar-refractivity contribution in [3.63, 3.8) is 0 Å². The zero-order chi connectivity index (χ0) is 9.14. The van der Waals surface area contributed by atoms with E-state index in [2.05, 4.69) is 0 Å². The lowest BCUT2D eigenvalue weighted by atomic mass is 10.1. The number of rotatable bonds is 2. The number of hydrogen-bond acceptors (Lipinski definition) is 1. The van der Waals surface area contributed by atoms with Gasteiger partial charge in [-0.15, -0.1) is 0 Å². The number of benzene rings is 1. The second-order valence-electron chi connectivity index (χ2n) is 3.02. The van der Waals surface area contributed by atoms with E-state index in [9.17, 15) is 4.79 Å². The minimum absolute atomic E-state index is 0.164. The van der Waals surface area contributed by atoms with E-state index in [0.29, 0.717) is 11.4 Å². The van der Waals surface area contributed by atoms with E-state index < -0.39 is 0 Å². The molecule has 2 heteroatoms. The van der Waals surface area contributed by atoms with Crippen LogP contribution in [0.3, 0.4) is 0 Å². The molecule has 0 atom stereocenters. The van der Waals surface area contributed by atoms with Crippen molar-refractivity contribution in [2.24, 2.45) is 0 Å². The summed E-state index contributed by atoms with van der Waals surface area (Å²) < 4.78 is 0. The summed E-state index contributed by atoms with van der Waals surface area (Å²) in [7, 11) is 0. The van der Waals surface area contributed by atoms with Crippen LogP contribution in [0.25, 0.3) is 0 Å². The Labute approximate surface area is 77.4 Å². The molecule has 0 N–H and O–H groups in total. The average molecular weight is 183 g/mol. The zero-order valence-electron chi connectivity index (χ0n) is 7.23. The smallest absolute Gasteiger partial charge is 0.134 e. The van der Waals surface area contributed by atoms with Crippen LogP contribution in [0.4, 0.5) is 0 Å². The molecule has 0 saturated carbocycles. The van der Waals surface area contributed by atoms with E-state index in [1.807, 2.05) is 25.1 Å². The first-order valence-electron chi connectivity index (χ1n) is 3.83. The second kappa shape index (κ2) is 3.72. The van der Waals surface area contributed by atoms with Crippen molar-refractivity contribution in [1.82, 2.24) is 0 Å². The van der Waals surface area contributed by atoms with Crippen molar-refractivity contribution >= 4 is 17.4 Å². The predicted molar refractivity (Wildman–Crippen MR) is 50.6 cm³/mol. The van der Waals surface area contributed by atoms with Gasteiger partial charge in [0.15, 0.2) is 0 Å². The van der Waals surface area contributed by atoms with Gasteiger partial charge in [-0.1, -0.05) is 17.7 Å². The van der Waals surface area contributed by atoms with Gasteiger partial charge in [-0.3, -0.25) is 4.79 Å². The summed E-state index contributed by atoms with van der Waals surface area (Å²) in [6, 6.07) is 5.69. The summed E-state index contributed by atoms with van der Waals surface area (Å²) in [5.74, 6) is 0.164. The van der Waals surface area contributed by atoms with E-state index >= 15 is 0 Å². The lowest BCUT2D eigenvalue weighted by Gasteiger charge is -2.00. The summed E-state index contributed by atoms with van der Waals surface area (Å²) in [6.45, 7) is 3.55. The maximum atomic E-state index is 10.8. The monoisotopic (exact) mass is 182 g/mol.